The standard InChI is InChI=1S/C30H48O5/c1-18-9-14-30(24(33)34)16-15-27(4)19(23(30)29(18,6)35)7-8-21-25(2)12-11-22(32)26(3,17-31)20(25)10-13-28(21,27)5/h7,18,20-23,31-32,35H,8-17H2,1-6H3,(H,33,34)/t18-,20-,21-,22+,23-,25+,26+,27-,28-,29-,30+/m1/s1. The lowest BCUT2D eigenvalue weighted by Crippen LogP contribution is -2.68. The SMILES string of the molecule is C[C@@H]1CC[C@]2(C(=O)O)CC[C@]3(C)C(=CC[C@@H]4[C@@]5(C)CC[C@H](O)[C@@](C)(CO)[C@@H]5CC[C@]43C)[C@@H]2[C@]1(C)O. The van der Waals surface area contributed by atoms with Crippen LogP contribution in [0.2, 0.25) is 0 Å². The Balaban J connectivity index is 1.64. The number of allylic oxidation sites excluding steroid dienone is 1. The van der Waals surface area contributed by atoms with E-state index in [4.69, 9.17) is 0 Å². The van der Waals surface area contributed by atoms with Gasteiger partial charge in [0.15, 0.2) is 0 Å². The lowest BCUT2D eigenvalue weighted by molar-refractivity contribution is -0.225. The third-order valence-electron chi connectivity index (χ3n) is 13.6. The van der Waals surface area contributed by atoms with Crippen LogP contribution < -0.4 is 0 Å². The average molecular weight is 489 g/mol. The van der Waals surface area contributed by atoms with E-state index in [9.17, 15) is 25.2 Å². The van der Waals surface area contributed by atoms with E-state index in [2.05, 4.69) is 40.7 Å². The highest BCUT2D eigenvalue weighted by Gasteiger charge is 2.71. The van der Waals surface area contributed by atoms with Crippen LogP contribution in [0.3, 0.4) is 0 Å². The summed E-state index contributed by atoms with van der Waals surface area (Å²) in [5, 5.41) is 43.8. The van der Waals surface area contributed by atoms with E-state index in [1.54, 1.807) is 0 Å². The first-order valence-electron chi connectivity index (χ1n) is 14.1. The van der Waals surface area contributed by atoms with E-state index >= 15 is 0 Å². The highest BCUT2D eigenvalue weighted by molar-refractivity contribution is 5.77. The molecule has 5 heteroatoms. The smallest absolute Gasteiger partial charge is 0.310 e. The van der Waals surface area contributed by atoms with Gasteiger partial charge in [-0.1, -0.05) is 46.3 Å². The van der Waals surface area contributed by atoms with Crippen molar-refractivity contribution in [1.82, 2.24) is 0 Å². The number of fused-ring (bicyclic) bond motifs is 7. The molecule has 0 aromatic heterocycles. The molecule has 4 fully saturated rings. The lowest BCUT2D eigenvalue weighted by Gasteiger charge is -2.71. The predicted octanol–water partition coefficient (Wildman–Crippen LogP) is 5.18. The van der Waals surface area contributed by atoms with E-state index in [0.717, 1.165) is 44.9 Å². The number of aliphatic hydroxyl groups is 3. The molecule has 0 unspecified atom stereocenters. The first-order chi connectivity index (χ1) is 16.1. The van der Waals surface area contributed by atoms with Gasteiger partial charge in [-0.05, 0) is 98.7 Å². The first kappa shape index (κ1) is 25.7. The minimum Gasteiger partial charge on any atom is -0.481 e. The van der Waals surface area contributed by atoms with Gasteiger partial charge in [-0.15, -0.1) is 0 Å². The molecule has 5 aliphatic carbocycles. The molecule has 4 N–H and O–H groups in total. The molecule has 11 atom stereocenters. The van der Waals surface area contributed by atoms with Gasteiger partial charge in [0.1, 0.15) is 0 Å². The molecule has 0 heterocycles. The highest BCUT2D eigenvalue weighted by Crippen LogP contribution is 2.76. The summed E-state index contributed by atoms with van der Waals surface area (Å²) in [5.74, 6) is -0.356. The van der Waals surface area contributed by atoms with E-state index in [1.165, 1.54) is 5.57 Å². The molecule has 4 saturated carbocycles. The molecule has 0 spiro atoms. The molecule has 198 valence electrons. The number of carboxylic acid groups (broad SMARTS) is 1. The van der Waals surface area contributed by atoms with Crippen LogP contribution in [0.4, 0.5) is 0 Å². The van der Waals surface area contributed by atoms with Crippen molar-refractivity contribution in [2.24, 2.45) is 50.7 Å². The molecule has 0 amide bonds. The number of aliphatic hydroxyl groups excluding tert-OH is 2. The van der Waals surface area contributed by atoms with Crippen molar-refractivity contribution in [3.05, 3.63) is 11.6 Å². The highest BCUT2D eigenvalue weighted by atomic mass is 16.4. The van der Waals surface area contributed by atoms with Crippen LogP contribution in [0.1, 0.15) is 99.3 Å². The summed E-state index contributed by atoms with van der Waals surface area (Å²) in [6, 6.07) is 0. The molecule has 35 heavy (non-hydrogen) atoms. The molecule has 0 aromatic rings. The van der Waals surface area contributed by atoms with E-state index < -0.39 is 28.5 Å². The summed E-state index contributed by atoms with van der Waals surface area (Å²) in [6.07, 6.45) is 9.32. The number of aliphatic carboxylic acids is 1. The fourth-order valence-electron chi connectivity index (χ4n) is 10.9. The molecular formula is C30H48O5. The Bertz CT molecular complexity index is 941. The van der Waals surface area contributed by atoms with Crippen molar-refractivity contribution in [2.75, 3.05) is 6.61 Å². The summed E-state index contributed by atoms with van der Waals surface area (Å²) in [7, 11) is 0. The maximum Gasteiger partial charge on any atom is 0.310 e. The largest absolute Gasteiger partial charge is 0.481 e. The fraction of sp³-hybridized carbons (Fsp3) is 0.900. The molecule has 0 aliphatic heterocycles. The monoisotopic (exact) mass is 488 g/mol. The van der Waals surface area contributed by atoms with Crippen LogP contribution >= 0.6 is 0 Å². The second kappa shape index (κ2) is 7.57. The van der Waals surface area contributed by atoms with Gasteiger partial charge in [0.05, 0.1) is 23.7 Å². The minimum atomic E-state index is -1.04. The number of hydrogen-bond acceptors (Lipinski definition) is 4. The predicted molar refractivity (Wildman–Crippen MR) is 135 cm³/mol. The summed E-state index contributed by atoms with van der Waals surface area (Å²) in [6.45, 7) is 13.3. The van der Waals surface area contributed by atoms with Crippen molar-refractivity contribution in [3.8, 4) is 0 Å². The quantitative estimate of drug-likeness (QED) is 0.402. The van der Waals surface area contributed by atoms with Crippen LogP contribution in [0.5, 0.6) is 0 Å². The van der Waals surface area contributed by atoms with Crippen molar-refractivity contribution in [2.45, 2.75) is 111 Å². The van der Waals surface area contributed by atoms with Crippen LogP contribution in [0, 0.1) is 50.7 Å². The van der Waals surface area contributed by atoms with Crippen molar-refractivity contribution in [1.29, 1.82) is 0 Å². The molecule has 0 aromatic carbocycles. The third-order valence-corrected chi connectivity index (χ3v) is 13.6. The molecule has 5 aliphatic rings. The number of carbonyl (C=O) groups is 1. The van der Waals surface area contributed by atoms with Crippen molar-refractivity contribution in [3.63, 3.8) is 0 Å². The second-order valence-electron chi connectivity index (χ2n) is 14.6. The second-order valence-corrected chi connectivity index (χ2v) is 14.6. The molecule has 0 radical (unpaired) electrons. The Labute approximate surface area is 211 Å². The number of carboxylic acids is 1. The van der Waals surface area contributed by atoms with Gasteiger partial charge in [0, 0.05) is 11.3 Å². The zero-order valence-corrected chi connectivity index (χ0v) is 22.7. The van der Waals surface area contributed by atoms with E-state index in [0.29, 0.717) is 18.8 Å². The van der Waals surface area contributed by atoms with Gasteiger partial charge < -0.3 is 20.4 Å². The van der Waals surface area contributed by atoms with Crippen LogP contribution in [0.25, 0.3) is 0 Å². The Hall–Kier alpha value is -0.910. The maximum absolute atomic E-state index is 12.8. The summed E-state index contributed by atoms with van der Waals surface area (Å²) in [4.78, 5) is 12.8. The zero-order chi connectivity index (χ0) is 25.8. The Morgan fingerprint density at radius 3 is 2.29 bits per heavy atom. The van der Waals surface area contributed by atoms with Crippen molar-refractivity contribution < 1.29 is 25.2 Å². The Morgan fingerprint density at radius 2 is 1.66 bits per heavy atom. The van der Waals surface area contributed by atoms with E-state index in [1.807, 2.05) is 6.92 Å². The van der Waals surface area contributed by atoms with Gasteiger partial charge in [-0.3, -0.25) is 4.79 Å². The average Bonchev–Trinajstić information content (AvgIpc) is 2.79. The Morgan fingerprint density at radius 1 is 0.971 bits per heavy atom. The maximum atomic E-state index is 12.8. The lowest BCUT2D eigenvalue weighted by atomic mass is 9.33. The summed E-state index contributed by atoms with van der Waals surface area (Å²) < 4.78 is 0. The molecule has 5 nitrogen and oxygen atoms in total. The molecule has 0 bridgehead atoms. The Kier molecular flexibility index (Phi) is 5.56. The van der Waals surface area contributed by atoms with Crippen LogP contribution in [-0.2, 0) is 4.79 Å². The van der Waals surface area contributed by atoms with Crippen LogP contribution in [0.15, 0.2) is 11.6 Å². The van der Waals surface area contributed by atoms with Gasteiger partial charge in [0.2, 0.25) is 0 Å². The van der Waals surface area contributed by atoms with E-state index in [-0.39, 0.29) is 40.6 Å². The normalized spacial score (nSPS) is 57.7. The third kappa shape index (κ3) is 2.90. The molecule has 0 saturated heterocycles. The van der Waals surface area contributed by atoms with Gasteiger partial charge in [-0.25, -0.2) is 0 Å². The number of hydrogen-bond donors (Lipinski definition) is 4. The first-order valence-corrected chi connectivity index (χ1v) is 14.1. The summed E-state index contributed by atoms with van der Waals surface area (Å²) >= 11 is 0. The minimum absolute atomic E-state index is 0.0115. The van der Waals surface area contributed by atoms with Gasteiger partial charge >= 0.3 is 5.97 Å². The number of rotatable bonds is 2. The van der Waals surface area contributed by atoms with Crippen molar-refractivity contribution >= 4 is 5.97 Å². The summed E-state index contributed by atoms with van der Waals surface area (Å²) in [5.41, 5.74) is -1.35. The zero-order valence-electron chi connectivity index (χ0n) is 22.7. The topological polar surface area (TPSA) is 98.0 Å². The van der Waals surface area contributed by atoms with Gasteiger partial charge in [-0.2, -0.15) is 0 Å². The van der Waals surface area contributed by atoms with Crippen LogP contribution in [-0.4, -0.2) is 44.7 Å². The molecule has 5 rings (SSSR count). The fourth-order valence-corrected chi connectivity index (χ4v) is 10.9. The molecular weight excluding hydrogens is 440 g/mol. The van der Waals surface area contributed by atoms with Gasteiger partial charge in [0.25, 0.3) is 0 Å².